The lowest BCUT2D eigenvalue weighted by Gasteiger charge is -2.12. The lowest BCUT2D eigenvalue weighted by molar-refractivity contribution is 0.507. The van der Waals surface area contributed by atoms with Crippen molar-refractivity contribution in [1.29, 1.82) is 0 Å². The Morgan fingerprint density at radius 3 is 2.05 bits per heavy atom. The third-order valence-electron chi connectivity index (χ3n) is 3.38. The van der Waals surface area contributed by atoms with Crippen molar-refractivity contribution in [3.05, 3.63) is 70.8 Å². The van der Waals surface area contributed by atoms with Gasteiger partial charge in [0.15, 0.2) is 11.6 Å². The summed E-state index contributed by atoms with van der Waals surface area (Å²) in [4.78, 5) is 0.0930. The highest BCUT2D eigenvalue weighted by Gasteiger charge is 2.11. The van der Waals surface area contributed by atoms with Gasteiger partial charge >= 0.3 is 0 Å². The molecule has 0 amide bonds. The van der Waals surface area contributed by atoms with Crippen LogP contribution in [0.25, 0.3) is 0 Å². The number of alkyl halides is 1. The minimum Gasteiger partial charge on any atom is -0.204 e. The number of hydrogen-bond donors (Lipinski definition) is 0. The molecule has 3 heteroatoms. The molecule has 0 aromatic heterocycles. The summed E-state index contributed by atoms with van der Waals surface area (Å²) in [6.07, 6.45) is 1.69. The highest BCUT2D eigenvalue weighted by atomic mass is 79.9. The van der Waals surface area contributed by atoms with Crippen LogP contribution in [0.4, 0.5) is 8.78 Å². The van der Waals surface area contributed by atoms with E-state index in [-0.39, 0.29) is 4.83 Å². The number of halogens is 3. The molecule has 0 N–H and O–H groups in total. The van der Waals surface area contributed by atoms with Crippen LogP contribution < -0.4 is 0 Å². The van der Waals surface area contributed by atoms with Gasteiger partial charge in [-0.2, -0.15) is 0 Å². The molecule has 0 saturated carbocycles. The van der Waals surface area contributed by atoms with E-state index >= 15 is 0 Å². The number of hydrogen-bond acceptors (Lipinski definition) is 0. The lowest BCUT2D eigenvalue weighted by atomic mass is 9.99. The number of benzene rings is 2. The highest BCUT2D eigenvalue weighted by molar-refractivity contribution is 9.09. The first kappa shape index (κ1) is 16.2. The van der Waals surface area contributed by atoms with Gasteiger partial charge in [0.05, 0.1) is 0 Å². The summed E-state index contributed by atoms with van der Waals surface area (Å²) in [7, 11) is 0. The van der Waals surface area contributed by atoms with E-state index in [0.717, 1.165) is 17.5 Å². The smallest absolute Gasteiger partial charge is 0.159 e. The maximum absolute atomic E-state index is 13.2. The second-order valence-electron chi connectivity index (χ2n) is 5.76. The molecule has 1 atom stereocenters. The normalized spacial score (nSPS) is 12.7. The molecule has 21 heavy (non-hydrogen) atoms. The van der Waals surface area contributed by atoms with Crippen LogP contribution in [0.3, 0.4) is 0 Å². The van der Waals surface area contributed by atoms with Crippen molar-refractivity contribution >= 4 is 15.9 Å². The topological polar surface area (TPSA) is 0 Å². The minimum atomic E-state index is -0.803. The third kappa shape index (κ3) is 4.63. The quantitative estimate of drug-likeness (QED) is 0.592. The zero-order valence-electron chi connectivity index (χ0n) is 12.2. The Bertz CT molecular complexity index is 591. The first-order valence-corrected chi connectivity index (χ1v) is 8.04. The van der Waals surface area contributed by atoms with E-state index in [1.165, 1.54) is 17.7 Å². The maximum Gasteiger partial charge on any atom is 0.159 e. The predicted molar refractivity (Wildman–Crippen MR) is 86.7 cm³/mol. The molecule has 0 nitrogen and oxygen atoms in total. The SMILES string of the molecule is CC(C)Cc1ccc(C(Br)Cc2ccc(F)c(F)c2)cc1. The van der Waals surface area contributed by atoms with Gasteiger partial charge in [0.2, 0.25) is 0 Å². The van der Waals surface area contributed by atoms with Gasteiger partial charge in [0.25, 0.3) is 0 Å². The van der Waals surface area contributed by atoms with Crippen LogP contribution in [-0.4, -0.2) is 0 Å². The van der Waals surface area contributed by atoms with Gasteiger partial charge < -0.3 is 0 Å². The Kier molecular flexibility index (Phi) is 5.51. The van der Waals surface area contributed by atoms with Crippen molar-refractivity contribution in [2.24, 2.45) is 5.92 Å². The second kappa shape index (κ2) is 7.17. The molecule has 0 aliphatic heterocycles. The molecule has 0 heterocycles. The second-order valence-corrected chi connectivity index (χ2v) is 6.86. The summed E-state index contributed by atoms with van der Waals surface area (Å²) in [6, 6.07) is 12.5. The molecule has 2 aromatic rings. The molecule has 1 unspecified atom stereocenters. The molecular weight excluding hydrogens is 334 g/mol. The Morgan fingerprint density at radius 1 is 0.857 bits per heavy atom. The van der Waals surface area contributed by atoms with E-state index in [2.05, 4.69) is 54.0 Å². The summed E-state index contributed by atoms with van der Waals surface area (Å²) in [5.41, 5.74) is 3.25. The zero-order chi connectivity index (χ0) is 15.4. The molecule has 0 bridgehead atoms. The molecule has 2 aromatic carbocycles. The molecular formula is C18H19BrF2. The van der Waals surface area contributed by atoms with Crippen molar-refractivity contribution in [2.75, 3.05) is 0 Å². The molecule has 0 spiro atoms. The van der Waals surface area contributed by atoms with Crippen molar-refractivity contribution in [1.82, 2.24) is 0 Å². The fourth-order valence-electron chi connectivity index (χ4n) is 2.33. The van der Waals surface area contributed by atoms with Crippen LogP contribution in [0.2, 0.25) is 0 Å². The Balaban J connectivity index is 2.05. The monoisotopic (exact) mass is 352 g/mol. The molecule has 0 radical (unpaired) electrons. The van der Waals surface area contributed by atoms with Crippen LogP contribution in [0.5, 0.6) is 0 Å². The van der Waals surface area contributed by atoms with E-state index in [9.17, 15) is 8.78 Å². The Labute approximate surface area is 133 Å². The predicted octanol–water partition coefficient (Wildman–Crippen LogP) is 5.84. The van der Waals surface area contributed by atoms with E-state index in [1.54, 1.807) is 6.07 Å². The fourth-order valence-corrected chi connectivity index (χ4v) is 3.00. The third-order valence-corrected chi connectivity index (χ3v) is 4.24. The van der Waals surface area contributed by atoms with E-state index < -0.39 is 11.6 Å². The molecule has 112 valence electrons. The van der Waals surface area contributed by atoms with Crippen LogP contribution in [0, 0.1) is 17.6 Å². The van der Waals surface area contributed by atoms with E-state index in [0.29, 0.717) is 12.3 Å². The highest BCUT2D eigenvalue weighted by Crippen LogP contribution is 2.28. The van der Waals surface area contributed by atoms with Gasteiger partial charge in [0, 0.05) is 4.83 Å². The average Bonchev–Trinajstić information content (AvgIpc) is 2.43. The molecule has 0 saturated heterocycles. The Morgan fingerprint density at radius 2 is 1.48 bits per heavy atom. The number of rotatable bonds is 5. The average molecular weight is 353 g/mol. The molecule has 0 aliphatic carbocycles. The van der Waals surface area contributed by atoms with Gasteiger partial charge in [-0.1, -0.05) is 60.1 Å². The van der Waals surface area contributed by atoms with Crippen LogP contribution in [0.1, 0.15) is 35.4 Å². The first-order chi connectivity index (χ1) is 9.95. The summed E-state index contributed by atoms with van der Waals surface area (Å²) in [5, 5.41) is 0. The summed E-state index contributed by atoms with van der Waals surface area (Å²) < 4.78 is 26.1. The zero-order valence-corrected chi connectivity index (χ0v) is 13.8. The summed E-state index contributed by atoms with van der Waals surface area (Å²) in [6.45, 7) is 4.40. The summed E-state index contributed by atoms with van der Waals surface area (Å²) >= 11 is 3.63. The van der Waals surface area contributed by atoms with Crippen LogP contribution in [-0.2, 0) is 12.8 Å². The van der Waals surface area contributed by atoms with Gasteiger partial charge in [-0.15, -0.1) is 0 Å². The molecule has 2 rings (SSSR count). The van der Waals surface area contributed by atoms with Gasteiger partial charge in [-0.25, -0.2) is 8.78 Å². The fraction of sp³-hybridized carbons (Fsp3) is 0.333. The largest absolute Gasteiger partial charge is 0.204 e. The minimum absolute atomic E-state index is 0.0930. The molecule has 0 fully saturated rings. The lowest BCUT2D eigenvalue weighted by Crippen LogP contribution is -1.98. The standard InChI is InChI=1S/C18H19BrF2/c1-12(2)9-13-3-6-15(7-4-13)16(19)10-14-5-8-17(20)18(21)11-14/h3-8,11-12,16H,9-10H2,1-2H3. The molecule has 0 aliphatic rings. The van der Waals surface area contributed by atoms with Gasteiger partial charge in [0.1, 0.15) is 0 Å². The van der Waals surface area contributed by atoms with Crippen molar-refractivity contribution in [3.63, 3.8) is 0 Å². The van der Waals surface area contributed by atoms with E-state index in [4.69, 9.17) is 0 Å². The van der Waals surface area contributed by atoms with Crippen molar-refractivity contribution < 1.29 is 8.78 Å². The first-order valence-electron chi connectivity index (χ1n) is 7.12. The van der Waals surface area contributed by atoms with Crippen molar-refractivity contribution in [2.45, 2.75) is 31.5 Å². The van der Waals surface area contributed by atoms with Gasteiger partial charge in [-0.3, -0.25) is 0 Å². The maximum atomic E-state index is 13.2. The van der Waals surface area contributed by atoms with Crippen LogP contribution in [0.15, 0.2) is 42.5 Å². The van der Waals surface area contributed by atoms with E-state index in [1.807, 2.05) is 0 Å². The summed E-state index contributed by atoms with van der Waals surface area (Å²) in [5.74, 6) is -0.958. The Hall–Kier alpha value is -1.22. The van der Waals surface area contributed by atoms with Crippen molar-refractivity contribution in [3.8, 4) is 0 Å². The van der Waals surface area contributed by atoms with Crippen LogP contribution >= 0.6 is 15.9 Å². The van der Waals surface area contributed by atoms with Gasteiger partial charge in [-0.05, 0) is 47.6 Å².